The lowest BCUT2D eigenvalue weighted by molar-refractivity contribution is -0.142. The van der Waals surface area contributed by atoms with Gasteiger partial charge in [0, 0.05) is 10.4 Å². The van der Waals surface area contributed by atoms with Gasteiger partial charge in [0.2, 0.25) is 0 Å². The van der Waals surface area contributed by atoms with Gasteiger partial charge in [0.15, 0.2) is 5.13 Å². The van der Waals surface area contributed by atoms with Crippen molar-refractivity contribution in [3.63, 3.8) is 0 Å². The summed E-state index contributed by atoms with van der Waals surface area (Å²) in [7, 11) is 1.51. The van der Waals surface area contributed by atoms with Gasteiger partial charge >= 0.3 is 5.97 Å². The van der Waals surface area contributed by atoms with E-state index in [1.54, 1.807) is 31.2 Å². The van der Waals surface area contributed by atoms with Crippen LogP contribution in [0.25, 0.3) is 11.3 Å². The quantitative estimate of drug-likeness (QED) is 0.606. The van der Waals surface area contributed by atoms with Gasteiger partial charge in [-0.05, 0) is 19.1 Å². The first-order valence-corrected chi connectivity index (χ1v) is 9.59. The topological polar surface area (TPSA) is 77.5 Å². The summed E-state index contributed by atoms with van der Waals surface area (Å²) < 4.78 is 10.3. The monoisotopic (exact) mass is 396 g/mol. The molecule has 3 aromatic rings. The van der Waals surface area contributed by atoms with Gasteiger partial charge < -0.3 is 9.47 Å². The number of anilines is 1. The van der Waals surface area contributed by atoms with Crippen molar-refractivity contribution in [1.29, 1.82) is 0 Å². The molecule has 1 heterocycles. The van der Waals surface area contributed by atoms with Crippen molar-refractivity contribution in [2.24, 2.45) is 0 Å². The van der Waals surface area contributed by atoms with Crippen molar-refractivity contribution in [3.05, 3.63) is 65.0 Å². The number of esters is 1. The molecule has 0 aliphatic heterocycles. The Morgan fingerprint density at radius 1 is 1.07 bits per heavy atom. The van der Waals surface area contributed by atoms with Crippen LogP contribution < -0.4 is 10.1 Å². The van der Waals surface area contributed by atoms with E-state index in [4.69, 9.17) is 9.47 Å². The number of aromatic nitrogens is 1. The first-order valence-electron chi connectivity index (χ1n) is 8.77. The van der Waals surface area contributed by atoms with E-state index in [0.29, 0.717) is 28.7 Å². The molecule has 0 radical (unpaired) electrons. The van der Waals surface area contributed by atoms with Gasteiger partial charge in [0.25, 0.3) is 5.91 Å². The van der Waals surface area contributed by atoms with E-state index >= 15 is 0 Å². The normalized spacial score (nSPS) is 10.4. The molecule has 3 rings (SSSR count). The Balaban J connectivity index is 1.90. The number of carbonyl (C=O) groups excluding carboxylic acids is 2. The van der Waals surface area contributed by atoms with Gasteiger partial charge in [-0.3, -0.25) is 14.9 Å². The third kappa shape index (κ3) is 4.55. The maximum absolute atomic E-state index is 12.7. The summed E-state index contributed by atoms with van der Waals surface area (Å²) in [5, 5.41) is 3.22. The van der Waals surface area contributed by atoms with Gasteiger partial charge in [0.1, 0.15) is 5.75 Å². The molecule has 0 aliphatic carbocycles. The average molecular weight is 396 g/mol. The summed E-state index contributed by atoms with van der Waals surface area (Å²) in [6, 6.07) is 16.5. The van der Waals surface area contributed by atoms with E-state index in [2.05, 4.69) is 10.3 Å². The number of thiazole rings is 1. The van der Waals surface area contributed by atoms with Crippen LogP contribution in [-0.4, -0.2) is 30.6 Å². The Hall–Kier alpha value is -3.19. The minimum Gasteiger partial charge on any atom is -0.496 e. The van der Waals surface area contributed by atoms with Crippen LogP contribution in [-0.2, 0) is 16.0 Å². The molecule has 0 saturated carbocycles. The molecule has 2 aromatic carbocycles. The van der Waals surface area contributed by atoms with Crippen molar-refractivity contribution in [2.75, 3.05) is 19.0 Å². The average Bonchev–Trinajstić information content (AvgIpc) is 3.10. The first-order chi connectivity index (χ1) is 13.6. The Kier molecular flexibility index (Phi) is 6.39. The second-order valence-electron chi connectivity index (χ2n) is 5.79. The Labute approximate surface area is 167 Å². The van der Waals surface area contributed by atoms with E-state index in [-0.39, 0.29) is 18.3 Å². The fraction of sp³-hybridized carbons (Fsp3) is 0.190. The molecular weight excluding hydrogens is 376 g/mol. The molecule has 144 valence electrons. The maximum atomic E-state index is 12.7. The molecule has 1 N–H and O–H groups in total. The van der Waals surface area contributed by atoms with Crippen LogP contribution in [0, 0.1) is 0 Å². The fourth-order valence-electron chi connectivity index (χ4n) is 2.69. The molecule has 0 spiro atoms. The predicted octanol–water partition coefficient (Wildman–Crippen LogP) is 4.18. The smallest absolute Gasteiger partial charge is 0.311 e. The molecule has 0 aliphatic rings. The van der Waals surface area contributed by atoms with Crippen molar-refractivity contribution < 1.29 is 19.1 Å². The number of hydrogen-bond acceptors (Lipinski definition) is 6. The summed E-state index contributed by atoms with van der Waals surface area (Å²) >= 11 is 1.26. The first kappa shape index (κ1) is 19.6. The largest absolute Gasteiger partial charge is 0.496 e. The van der Waals surface area contributed by atoms with Crippen molar-refractivity contribution in [3.8, 4) is 17.0 Å². The molecule has 0 bridgehead atoms. The van der Waals surface area contributed by atoms with Gasteiger partial charge in [-0.2, -0.15) is 0 Å². The number of methoxy groups -OCH3 is 1. The highest BCUT2D eigenvalue weighted by Gasteiger charge is 2.19. The standard InChI is InChI=1S/C21H20N2O4S/c1-3-27-18(24)13-17-19(14-9-5-4-6-10-14)22-21(28-17)23-20(25)15-11-7-8-12-16(15)26-2/h4-12H,3,13H2,1-2H3,(H,22,23,25). The lowest BCUT2D eigenvalue weighted by Gasteiger charge is -2.07. The number of nitrogens with one attached hydrogen (secondary N) is 1. The van der Waals surface area contributed by atoms with Crippen molar-refractivity contribution >= 4 is 28.3 Å². The number of benzene rings is 2. The zero-order chi connectivity index (χ0) is 19.9. The highest BCUT2D eigenvalue weighted by molar-refractivity contribution is 7.16. The van der Waals surface area contributed by atoms with Crippen LogP contribution >= 0.6 is 11.3 Å². The van der Waals surface area contributed by atoms with Gasteiger partial charge in [0.05, 0.1) is 31.4 Å². The number of para-hydroxylation sites is 1. The third-order valence-corrected chi connectivity index (χ3v) is 4.90. The molecule has 1 aromatic heterocycles. The van der Waals surface area contributed by atoms with Crippen LogP contribution in [0.5, 0.6) is 5.75 Å². The molecule has 7 heteroatoms. The van der Waals surface area contributed by atoms with Gasteiger partial charge in [-0.1, -0.05) is 42.5 Å². The molecule has 28 heavy (non-hydrogen) atoms. The zero-order valence-electron chi connectivity index (χ0n) is 15.6. The van der Waals surface area contributed by atoms with Crippen LogP contribution in [0.15, 0.2) is 54.6 Å². The van der Waals surface area contributed by atoms with E-state index in [1.165, 1.54) is 18.4 Å². The van der Waals surface area contributed by atoms with E-state index < -0.39 is 0 Å². The minimum atomic E-state index is -0.328. The van der Waals surface area contributed by atoms with Crippen molar-refractivity contribution in [1.82, 2.24) is 4.98 Å². The second-order valence-corrected chi connectivity index (χ2v) is 6.88. The summed E-state index contributed by atoms with van der Waals surface area (Å²) in [6.45, 7) is 2.08. The number of carbonyl (C=O) groups is 2. The Morgan fingerprint density at radius 2 is 1.79 bits per heavy atom. The van der Waals surface area contributed by atoms with Gasteiger partial charge in [-0.15, -0.1) is 11.3 Å². The van der Waals surface area contributed by atoms with Crippen molar-refractivity contribution in [2.45, 2.75) is 13.3 Å². The highest BCUT2D eigenvalue weighted by atomic mass is 32.1. The number of rotatable bonds is 7. The Bertz CT molecular complexity index is 970. The SMILES string of the molecule is CCOC(=O)Cc1sc(NC(=O)c2ccccc2OC)nc1-c1ccccc1. The lowest BCUT2D eigenvalue weighted by Crippen LogP contribution is -2.12. The van der Waals surface area contributed by atoms with Gasteiger partial charge in [-0.25, -0.2) is 4.98 Å². The number of hydrogen-bond donors (Lipinski definition) is 1. The van der Waals surface area contributed by atoms with E-state index in [9.17, 15) is 9.59 Å². The number of amides is 1. The summed E-state index contributed by atoms with van der Waals surface area (Å²) in [6.07, 6.45) is 0.0975. The zero-order valence-corrected chi connectivity index (χ0v) is 16.4. The molecular formula is C21H20N2O4S. The molecule has 0 atom stereocenters. The molecule has 0 saturated heterocycles. The van der Waals surface area contributed by atoms with E-state index in [1.807, 2.05) is 30.3 Å². The Morgan fingerprint density at radius 3 is 2.50 bits per heavy atom. The minimum absolute atomic E-state index is 0.0975. The molecule has 0 unspecified atom stereocenters. The summed E-state index contributed by atoms with van der Waals surface area (Å²) in [4.78, 5) is 29.9. The van der Waals surface area contributed by atoms with E-state index in [0.717, 1.165) is 10.4 Å². The third-order valence-electron chi connectivity index (χ3n) is 3.93. The summed E-state index contributed by atoms with van der Waals surface area (Å²) in [5.74, 6) is -0.175. The maximum Gasteiger partial charge on any atom is 0.311 e. The highest BCUT2D eigenvalue weighted by Crippen LogP contribution is 2.32. The predicted molar refractivity (Wildman–Crippen MR) is 109 cm³/mol. The lowest BCUT2D eigenvalue weighted by atomic mass is 10.1. The fourth-order valence-corrected chi connectivity index (χ4v) is 3.65. The van der Waals surface area contributed by atoms with Crippen LogP contribution in [0.2, 0.25) is 0 Å². The molecule has 6 nitrogen and oxygen atoms in total. The number of nitrogens with zero attached hydrogens (tertiary/aromatic N) is 1. The van der Waals surface area contributed by atoms with Crippen LogP contribution in [0.3, 0.4) is 0 Å². The van der Waals surface area contributed by atoms with Crippen LogP contribution in [0.4, 0.5) is 5.13 Å². The second kappa shape index (κ2) is 9.14. The number of ether oxygens (including phenoxy) is 2. The van der Waals surface area contributed by atoms with Crippen LogP contribution in [0.1, 0.15) is 22.2 Å². The summed E-state index contributed by atoms with van der Waals surface area (Å²) in [5.41, 5.74) is 1.94. The molecule has 0 fully saturated rings. The molecule has 1 amide bonds.